The van der Waals surface area contributed by atoms with Crippen LogP contribution < -0.4 is 5.32 Å². The van der Waals surface area contributed by atoms with Crippen molar-refractivity contribution in [2.24, 2.45) is 5.92 Å². The third-order valence-corrected chi connectivity index (χ3v) is 4.69. The Kier molecular flexibility index (Phi) is 6.22. The molecule has 1 N–H and O–H groups in total. The van der Waals surface area contributed by atoms with Gasteiger partial charge in [-0.25, -0.2) is 0 Å². The van der Waals surface area contributed by atoms with Crippen molar-refractivity contribution in [3.8, 4) is 0 Å². The van der Waals surface area contributed by atoms with E-state index in [1.54, 1.807) is 0 Å². The number of hydrogen-bond acceptors (Lipinski definition) is 3. The smallest absolute Gasteiger partial charge is 0.0826 e. The molecule has 4 heteroatoms. The number of hydrogen-bond donors (Lipinski definition) is 1. The molecule has 0 radical (unpaired) electrons. The first-order valence-corrected chi connectivity index (χ1v) is 7.90. The summed E-state index contributed by atoms with van der Waals surface area (Å²) >= 11 is 6.12. The number of morpholine rings is 1. The Bertz CT molecular complexity index is 232. The van der Waals surface area contributed by atoms with E-state index in [4.69, 9.17) is 16.3 Å². The molecule has 3 nitrogen and oxygen atoms in total. The quantitative estimate of drug-likeness (QED) is 0.777. The fourth-order valence-corrected chi connectivity index (χ4v) is 3.22. The van der Waals surface area contributed by atoms with Crippen molar-refractivity contribution in [1.82, 2.24) is 10.2 Å². The first-order chi connectivity index (χ1) is 8.78. The van der Waals surface area contributed by atoms with Crippen molar-refractivity contribution < 1.29 is 4.74 Å². The van der Waals surface area contributed by atoms with Crippen molar-refractivity contribution in [1.29, 1.82) is 0 Å². The van der Waals surface area contributed by atoms with Crippen LogP contribution in [-0.2, 0) is 4.74 Å². The fourth-order valence-electron chi connectivity index (χ4n) is 2.97. The summed E-state index contributed by atoms with van der Waals surface area (Å²) in [6.07, 6.45) is 5.33. The minimum absolute atomic E-state index is 0.378. The van der Waals surface area contributed by atoms with Crippen molar-refractivity contribution >= 4 is 11.6 Å². The maximum absolute atomic E-state index is 6.12. The van der Waals surface area contributed by atoms with Crippen LogP contribution in [0.1, 0.15) is 32.6 Å². The van der Waals surface area contributed by atoms with Gasteiger partial charge >= 0.3 is 0 Å². The van der Waals surface area contributed by atoms with E-state index in [1.165, 1.54) is 25.7 Å². The normalized spacial score (nSPS) is 34.7. The maximum Gasteiger partial charge on any atom is 0.0826 e. The summed E-state index contributed by atoms with van der Waals surface area (Å²) in [7, 11) is 0. The van der Waals surface area contributed by atoms with Crippen LogP contribution in [0.15, 0.2) is 0 Å². The topological polar surface area (TPSA) is 24.5 Å². The van der Waals surface area contributed by atoms with Crippen LogP contribution in [0.2, 0.25) is 0 Å². The fraction of sp³-hybridized carbons (Fsp3) is 1.00. The summed E-state index contributed by atoms with van der Waals surface area (Å²) in [5.41, 5.74) is 0. The molecule has 1 unspecified atom stereocenters. The number of ether oxygens (including phenoxy) is 1. The van der Waals surface area contributed by atoms with Crippen LogP contribution in [0.25, 0.3) is 0 Å². The Morgan fingerprint density at radius 1 is 1.22 bits per heavy atom. The second-order valence-corrected chi connectivity index (χ2v) is 6.28. The van der Waals surface area contributed by atoms with Crippen molar-refractivity contribution in [3.63, 3.8) is 0 Å². The number of nitrogens with zero attached hydrogens (tertiary/aromatic N) is 1. The lowest BCUT2D eigenvalue weighted by Gasteiger charge is -2.33. The van der Waals surface area contributed by atoms with Gasteiger partial charge in [-0.05, 0) is 44.7 Å². The van der Waals surface area contributed by atoms with Gasteiger partial charge in [0.15, 0.2) is 0 Å². The SMILES string of the molecule is CCN1CCOC(CNCC2CCC(Cl)CC2)C1. The summed E-state index contributed by atoms with van der Waals surface area (Å²) < 4.78 is 5.79. The van der Waals surface area contributed by atoms with Gasteiger partial charge in [0.05, 0.1) is 12.7 Å². The van der Waals surface area contributed by atoms with Crippen molar-refractivity contribution in [2.75, 3.05) is 39.3 Å². The van der Waals surface area contributed by atoms with Gasteiger partial charge in [0.2, 0.25) is 0 Å². The largest absolute Gasteiger partial charge is 0.374 e. The van der Waals surface area contributed by atoms with Crippen LogP contribution >= 0.6 is 11.6 Å². The lowest BCUT2D eigenvalue weighted by atomic mass is 9.89. The van der Waals surface area contributed by atoms with Crippen LogP contribution in [0.4, 0.5) is 0 Å². The molecule has 1 aliphatic carbocycles. The molecule has 0 aromatic carbocycles. The monoisotopic (exact) mass is 274 g/mol. The number of rotatable bonds is 5. The molecular formula is C14H27ClN2O. The predicted molar refractivity (Wildman–Crippen MR) is 76.3 cm³/mol. The minimum atomic E-state index is 0.378. The molecule has 0 aromatic rings. The molecule has 2 fully saturated rings. The van der Waals surface area contributed by atoms with E-state index >= 15 is 0 Å². The van der Waals surface area contributed by atoms with E-state index in [0.29, 0.717) is 11.5 Å². The molecule has 1 aliphatic heterocycles. The van der Waals surface area contributed by atoms with Gasteiger partial charge in [-0.3, -0.25) is 4.90 Å². The summed E-state index contributed by atoms with van der Waals surface area (Å²) in [6.45, 7) is 8.55. The first kappa shape index (κ1) is 14.6. The maximum atomic E-state index is 6.12. The highest BCUT2D eigenvalue weighted by atomic mass is 35.5. The predicted octanol–water partition coefficient (Wildman–Crippen LogP) is 2.09. The van der Waals surface area contributed by atoms with E-state index in [9.17, 15) is 0 Å². The average molecular weight is 275 g/mol. The van der Waals surface area contributed by atoms with Crippen LogP contribution in [0.3, 0.4) is 0 Å². The Hall–Kier alpha value is 0.170. The van der Waals surface area contributed by atoms with E-state index in [-0.39, 0.29) is 0 Å². The molecule has 1 heterocycles. The third-order valence-electron chi connectivity index (χ3n) is 4.25. The molecule has 0 spiro atoms. The third kappa shape index (κ3) is 4.69. The summed E-state index contributed by atoms with van der Waals surface area (Å²) in [6, 6.07) is 0. The number of likely N-dealkylation sites (N-methyl/N-ethyl adjacent to an activating group) is 1. The van der Waals surface area contributed by atoms with Gasteiger partial charge in [-0.2, -0.15) is 0 Å². The molecule has 2 aliphatic rings. The molecular weight excluding hydrogens is 248 g/mol. The van der Waals surface area contributed by atoms with E-state index in [1.807, 2.05) is 0 Å². The molecule has 2 rings (SSSR count). The van der Waals surface area contributed by atoms with E-state index < -0.39 is 0 Å². The van der Waals surface area contributed by atoms with E-state index in [0.717, 1.165) is 45.2 Å². The van der Waals surface area contributed by atoms with Crippen LogP contribution in [-0.4, -0.2) is 55.7 Å². The lowest BCUT2D eigenvalue weighted by molar-refractivity contribution is -0.0256. The average Bonchev–Trinajstić information content (AvgIpc) is 2.41. The molecule has 18 heavy (non-hydrogen) atoms. The van der Waals surface area contributed by atoms with Crippen LogP contribution in [0.5, 0.6) is 0 Å². The minimum Gasteiger partial charge on any atom is -0.374 e. The first-order valence-electron chi connectivity index (χ1n) is 7.46. The van der Waals surface area contributed by atoms with Crippen LogP contribution in [0, 0.1) is 5.92 Å². The highest BCUT2D eigenvalue weighted by Gasteiger charge is 2.21. The molecule has 0 aromatic heterocycles. The molecule has 1 atom stereocenters. The lowest BCUT2D eigenvalue weighted by Crippen LogP contribution is -2.47. The highest BCUT2D eigenvalue weighted by Crippen LogP contribution is 2.26. The number of halogens is 1. The highest BCUT2D eigenvalue weighted by molar-refractivity contribution is 6.20. The molecule has 0 bridgehead atoms. The molecule has 1 saturated carbocycles. The number of alkyl halides is 1. The zero-order valence-corrected chi connectivity index (χ0v) is 12.3. The molecule has 0 amide bonds. The molecule has 1 saturated heterocycles. The Balaban J connectivity index is 1.57. The van der Waals surface area contributed by atoms with Gasteiger partial charge in [-0.15, -0.1) is 11.6 Å². The second-order valence-electron chi connectivity index (χ2n) is 5.66. The van der Waals surface area contributed by atoms with Crippen molar-refractivity contribution in [2.45, 2.75) is 44.1 Å². The summed E-state index contributed by atoms with van der Waals surface area (Å²) in [5, 5.41) is 4.02. The van der Waals surface area contributed by atoms with Gasteiger partial charge in [0, 0.05) is 25.0 Å². The van der Waals surface area contributed by atoms with Gasteiger partial charge in [0.1, 0.15) is 0 Å². The number of nitrogens with one attached hydrogen (secondary N) is 1. The van der Waals surface area contributed by atoms with Crippen molar-refractivity contribution in [3.05, 3.63) is 0 Å². The Morgan fingerprint density at radius 3 is 2.72 bits per heavy atom. The second kappa shape index (κ2) is 7.68. The van der Waals surface area contributed by atoms with Gasteiger partial charge in [-0.1, -0.05) is 6.92 Å². The molecule has 106 valence electrons. The zero-order valence-electron chi connectivity index (χ0n) is 11.5. The summed E-state index contributed by atoms with van der Waals surface area (Å²) in [4.78, 5) is 2.47. The standard InChI is InChI=1S/C14H27ClN2O/c1-2-17-7-8-18-14(11-17)10-16-9-12-3-5-13(15)6-4-12/h12-14,16H,2-11H2,1H3. The Morgan fingerprint density at radius 2 is 2.00 bits per heavy atom. The summed E-state index contributed by atoms with van der Waals surface area (Å²) in [5.74, 6) is 0.825. The van der Waals surface area contributed by atoms with Gasteiger partial charge < -0.3 is 10.1 Å². The Labute approximate surface area is 116 Å². The van der Waals surface area contributed by atoms with E-state index in [2.05, 4.69) is 17.1 Å². The van der Waals surface area contributed by atoms with Gasteiger partial charge in [0.25, 0.3) is 0 Å². The zero-order chi connectivity index (χ0) is 12.8.